The first-order valence-corrected chi connectivity index (χ1v) is 8.20. The summed E-state index contributed by atoms with van der Waals surface area (Å²) < 4.78 is 26.8. The molecular formula is C13H12Cl2N2O2S. The highest BCUT2D eigenvalue weighted by molar-refractivity contribution is 7.92. The van der Waals surface area contributed by atoms with E-state index < -0.39 is 10.0 Å². The normalized spacial score (nSPS) is 11.3. The lowest BCUT2D eigenvalue weighted by Gasteiger charge is -2.08. The zero-order chi connectivity index (χ0) is 14.6. The number of benzene rings is 1. The van der Waals surface area contributed by atoms with Gasteiger partial charge in [0.15, 0.2) is 0 Å². The molecule has 0 bridgehead atoms. The van der Waals surface area contributed by atoms with Crippen molar-refractivity contribution in [3.05, 3.63) is 53.3 Å². The van der Waals surface area contributed by atoms with Crippen LogP contribution in [0.3, 0.4) is 0 Å². The summed E-state index contributed by atoms with van der Waals surface area (Å²) >= 11 is 11.3. The molecule has 0 fully saturated rings. The van der Waals surface area contributed by atoms with Gasteiger partial charge in [0.05, 0.1) is 16.8 Å². The Morgan fingerprint density at radius 2 is 1.80 bits per heavy atom. The third-order valence-electron chi connectivity index (χ3n) is 2.60. The van der Waals surface area contributed by atoms with Crippen LogP contribution < -0.4 is 4.72 Å². The summed E-state index contributed by atoms with van der Waals surface area (Å²) in [5.41, 5.74) is 1.35. The minimum absolute atomic E-state index is 0.186. The van der Waals surface area contributed by atoms with Crippen molar-refractivity contribution in [2.75, 3.05) is 10.6 Å². The number of alkyl halides is 1. The SMILES string of the molecule is O=S(=O)(Nc1ccc(Cl)nc1)c1ccc(CCCl)cc1. The van der Waals surface area contributed by atoms with Crippen LogP contribution in [0.2, 0.25) is 5.15 Å². The van der Waals surface area contributed by atoms with Gasteiger partial charge in [0.25, 0.3) is 10.0 Å². The summed E-state index contributed by atoms with van der Waals surface area (Å²) in [6, 6.07) is 9.66. The van der Waals surface area contributed by atoms with E-state index in [-0.39, 0.29) is 4.90 Å². The number of aryl methyl sites for hydroxylation is 1. The van der Waals surface area contributed by atoms with Crippen molar-refractivity contribution >= 4 is 38.9 Å². The smallest absolute Gasteiger partial charge is 0.261 e. The van der Waals surface area contributed by atoms with Gasteiger partial charge in [-0.2, -0.15) is 0 Å². The Bertz CT molecular complexity index is 671. The fourth-order valence-electron chi connectivity index (χ4n) is 1.59. The van der Waals surface area contributed by atoms with Crippen molar-refractivity contribution in [1.29, 1.82) is 0 Å². The number of hydrogen-bond donors (Lipinski definition) is 1. The molecule has 0 atom stereocenters. The molecule has 0 amide bonds. The Balaban J connectivity index is 2.19. The van der Waals surface area contributed by atoms with E-state index >= 15 is 0 Å². The summed E-state index contributed by atoms with van der Waals surface area (Å²) in [7, 11) is -3.62. The summed E-state index contributed by atoms with van der Waals surface area (Å²) in [5.74, 6) is 0.501. The van der Waals surface area contributed by atoms with Gasteiger partial charge >= 0.3 is 0 Å². The molecule has 1 N–H and O–H groups in total. The maximum atomic E-state index is 12.2. The molecule has 0 aliphatic rings. The topological polar surface area (TPSA) is 59.1 Å². The van der Waals surface area contributed by atoms with Gasteiger partial charge in [-0.1, -0.05) is 23.7 Å². The van der Waals surface area contributed by atoms with Gasteiger partial charge in [-0.15, -0.1) is 11.6 Å². The van der Waals surface area contributed by atoms with E-state index in [1.54, 1.807) is 30.3 Å². The highest BCUT2D eigenvalue weighted by atomic mass is 35.5. The van der Waals surface area contributed by atoms with Crippen molar-refractivity contribution in [2.24, 2.45) is 0 Å². The molecule has 0 saturated heterocycles. The Hall–Kier alpha value is -1.30. The first-order chi connectivity index (χ1) is 9.51. The molecule has 1 heterocycles. The Morgan fingerprint density at radius 3 is 2.35 bits per heavy atom. The second kappa shape index (κ2) is 6.43. The maximum Gasteiger partial charge on any atom is 0.261 e. The molecule has 0 radical (unpaired) electrons. The second-order valence-electron chi connectivity index (χ2n) is 4.06. The maximum absolute atomic E-state index is 12.2. The first kappa shape index (κ1) is 15.1. The van der Waals surface area contributed by atoms with E-state index in [4.69, 9.17) is 23.2 Å². The fraction of sp³-hybridized carbons (Fsp3) is 0.154. The van der Waals surface area contributed by atoms with Gasteiger partial charge in [0.1, 0.15) is 5.15 Å². The number of nitrogens with one attached hydrogen (secondary N) is 1. The van der Waals surface area contributed by atoms with Gasteiger partial charge in [0.2, 0.25) is 0 Å². The predicted molar refractivity (Wildman–Crippen MR) is 80.9 cm³/mol. The van der Waals surface area contributed by atoms with Crippen LogP contribution in [0.4, 0.5) is 5.69 Å². The van der Waals surface area contributed by atoms with Crippen LogP contribution in [0.1, 0.15) is 5.56 Å². The second-order valence-corrected chi connectivity index (χ2v) is 6.51. The summed E-state index contributed by atoms with van der Waals surface area (Å²) in [6.07, 6.45) is 2.07. The van der Waals surface area contributed by atoms with Crippen molar-refractivity contribution in [2.45, 2.75) is 11.3 Å². The van der Waals surface area contributed by atoms with E-state index in [2.05, 4.69) is 9.71 Å². The number of aromatic nitrogens is 1. The van der Waals surface area contributed by atoms with Crippen LogP contribution in [0.15, 0.2) is 47.5 Å². The Labute approximate surface area is 127 Å². The lowest BCUT2D eigenvalue weighted by Crippen LogP contribution is -2.13. The quantitative estimate of drug-likeness (QED) is 0.675. The number of rotatable bonds is 5. The van der Waals surface area contributed by atoms with E-state index in [9.17, 15) is 8.42 Å². The first-order valence-electron chi connectivity index (χ1n) is 5.80. The molecule has 0 saturated carbocycles. The largest absolute Gasteiger partial charge is 0.278 e. The third kappa shape index (κ3) is 3.85. The van der Waals surface area contributed by atoms with Crippen molar-refractivity contribution in [1.82, 2.24) is 4.98 Å². The van der Waals surface area contributed by atoms with Crippen LogP contribution in [-0.4, -0.2) is 19.3 Å². The summed E-state index contributed by atoms with van der Waals surface area (Å²) in [6.45, 7) is 0. The molecule has 1 aromatic carbocycles. The molecule has 1 aromatic heterocycles. The minimum Gasteiger partial charge on any atom is -0.278 e. The van der Waals surface area contributed by atoms with Crippen molar-refractivity contribution < 1.29 is 8.42 Å². The number of pyridine rings is 1. The third-order valence-corrected chi connectivity index (χ3v) is 4.41. The highest BCUT2D eigenvalue weighted by Crippen LogP contribution is 2.17. The van der Waals surface area contributed by atoms with Crippen LogP contribution in [0.5, 0.6) is 0 Å². The van der Waals surface area contributed by atoms with Crippen LogP contribution in [0.25, 0.3) is 0 Å². The van der Waals surface area contributed by atoms with E-state index in [0.717, 1.165) is 5.56 Å². The summed E-state index contributed by atoms with van der Waals surface area (Å²) in [5, 5.41) is 0.304. The number of halogens is 2. The molecule has 7 heteroatoms. The molecule has 2 rings (SSSR count). The van der Waals surface area contributed by atoms with E-state index in [1.165, 1.54) is 12.3 Å². The van der Waals surface area contributed by atoms with Gasteiger partial charge in [-0.25, -0.2) is 13.4 Å². The van der Waals surface area contributed by atoms with Crippen LogP contribution >= 0.6 is 23.2 Å². The number of anilines is 1. The summed E-state index contributed by atoms with van der Waals surface area (Å²) in [4.78, 5) is 4.01. The molecule has 4 nitrogen and oxygen atoms in total. The van der Waals surface area contributed by atoms with Crippen LogP contribution in [-0.2, 0) is 16.4 Å². The number of sulfonamides is 1. The molecule has 0 spiro atoms. The minimum atomic E-state index is -3.62. The van der Waals surface area contributed by atoms with E-state index in [0.29, 0.717) is 23.1 Å². The highest BCUT2D eigenvalue weighted by Gasteiger charge is 2.14. The Morgan fingerprint density at radius 1 is 1.10 bits per heavy atom. The molecule has 20 heavy (non-hydrogen) atoms. The van der Waals surface area contributed by atoms with Crippen molar-refractivity contribution in [3.8, 4) is 0 Å². The molecule has 106 valence electrons. The average Bonchev–Trinajstić information content (AvgIpc) is 2.42. The van der Waals surface area contributed by atoms with Gasteiger partial charge < -0.3 is 0 Å². The molecule has 0 unspecified atom stereocenters. The molecular weight excluding hydrogens is 319 g/mol. The lowest BCUT2D eigenvalue weighted by molar-refractivity contribution is 0.601. The van der Waals surface area contributed by atoms with E-state index in [1.807, 2.05) is 0 Å². The van der Waals surface area contributed by atoms with Gasteiger partial charge in [0, 0.05) is 5.88 Å². The van der Waals surface area contributed by atoms with Crippen molar-refractivity contribution in [3.63, 3.8) is 0 Å². The Kier molecular flexibility index (Phi) is 4.86. The molecule has 0 aliphatic heterocycles. The zero-order valence-electron chi connectivity index (χ0n) is 10.4. The molecule has 2 aromatic rings. The monoisotopic (exact) mass is 330 g/mol. The van der Waals surface area contributed by atoms with Gasteiger partial charge in [-0.3, -0.25) is 4.72 Å². The fourth-order valence-corrected chi connectivity index (χ4v) is 2.97. The van der Waals surface area contributed by atoms with Gasteiger partial charge in [-0.05, 0) is 36.2 Å². The zero-order valence-corrected chi connectivity index (χ0v) is 12.7. The average molecular weight is 331 g/mol. The predicted octanol–water partition coefficient (Wildman–Crippen LogP) is 3.32. The van der Waals surface area contributed by atoms with Crippen LogP contribution in [0, 0.1) is 0 Å². The number of hydrogen-bond acceptors (Lipinski definition) is 3. The lowest BCUT2D eigenvalue weighted by atomic mass is 10.2. The molecule has 0 aliphatic carbocycles. The number of nitrogens with zero attached hydrogens (tertiary/aromatic N) is 1. The standard InChI is InChI=1S/C13H12Cl2N2O2S/c14-8-7-10-1-4-12(5-2-10)20(18,19)17-11-3-6-13(15)16-9-11/h1-6,9,17H,7-8H2.